The van der Waals surface area contributed by atoms with Crippen molar-refractivity contribution >= 4 is 56.2 Å². The van der Waals surface area contributed by atoms with Gasteiger partial charge in [-0.15, -0.1) is 0 Å². The predicted molar refractivity (Wildman–Crippen MR) is 88.8 cm³/mol. The lowest BCUT2D eigenvalue weighted by Gasteiger charge is -2.06. The maximum Gasteiger partial charge on any atom is 0.361 e. The second-order valence-electron chi connectivity index (χ2n) is 4.55. The Balaban J connectivity index is 1.76. The summed E-state index contributed by atoms with van der Waals surface area (Å²) in [7, 11) is 0. The summed E-state index contributed by atoms with van der Waals surface area (Å²) in [5, 5.41) is -0.111. The van der Waals surface area contributed by atoms with Crippen LogP contribution < -0.4 is 11.5 Å². The third kappa shape index (κ3) is 3.20. The van der Waals surface area contributed by atoms with Crippen molar-refractivity contribution in [3.05, 3.63) is 39.3 Å². The molecule has 10 heteroatoms. The van der Waals surface area contributed by atoms with Gasteiger partial charge in [-0.1, -0.05) is 27.5 Å². The number of nitrogens with two attached hydrogens (primary N) is 2. The quantitative estimate of drug-likeness (QED) is 0.577. The summed E-state index contributed by atoms with van der Waals surface area (Å²) in [6.45, 7) is -0.0752. The van der Waals surface area contributed by atoms with Gasteiger partial charge in [-0.3, -0.25) is 0 Å². The molecular weight excluding hydrogens is 388 g/mol. The highest BCUT2D eigenvalue weighted by molar-refractivity contribution is 9.10. The molecule has 0 fully saturated rings. The number of anilines is 2. The van der Waals surface area contributed by atoms with Crippen molar-refractivity contribution in [3.8, 4) is 0 Å². The molecule has 1 aromatic carbocycles. The molecule has 0 radical (unpaired) electrons. The number of esters is 1. The molecule has 0 aliphatic heterocycles. The zero-order chi connectivity index (χ0) is 16.6. The normalized spacial score (nSPS) is 10.9. The molecule has 2 aromatic heterocycles. The molecule has 8 nitrogen and oxygen atoms in total. The van der Waals surface area contributed by atoms with E-state index in [9.17, 15) is 4.79 Å². The van der Waals surface area contributed by atoms with E-state index in [1.165, 1.54) is 0 Å². The van der Waals surface area contributed by atoms with Gasteiger partial charge in [-0.25, -0.2) is 19.7 Å². The van der Waals surface area contributed by atoms with E-state index in [1.54, 1.807) is 0 Å². The summed E-state index contributed by atoms with van der Waals surface area (Å²) in [5.41, 5.74) is 12.4. The van der Waals surface area contributed by atoms with Crippen molar-refractivity contribution < 1.29 is 9.53 Å². The summed E-state index contributed by atoms with van der Waals surface area (Å²) in [4.78, 5) is 26.9. The number of carbonyl (C=O) groups excluding carboxylic acids is 1. The van der Waals surface area contributed by atoms with Gasteiger partial charge in [-0.2, -0.15) is 0 Å². The zero-order valence-corrected chi connectivity index (χ0v) is 13.8. The van der Waals surface area contributed by atoms with Gasteiger partial charge >= 0.3 is 5.97 Å². The molecule has 0 atom stereocenters. The fourth-order valence-electron chi connectivity index (χ4n) is 1.89. The van der Waals surface area contributed by atoms with Gasteiger partial charge in [0.15, 0.2) is 22.5 Å². The molecule has 118 valence electrons. The molecule has 23 heavy (non-hydrogen) atoms. The number of benzene rings is 1. The Morgan fingerprint density at radius 3 is 2.83 bits per heavy atom. The Morgan fingerprint density at radius 2 is 2.04 bits per heavy atom. The van der Waals surface area contributed by atoms with Crippen molar-refractivity contribution in [1.82, 2.24) is 19.9 Å². The van der Waals surface area contributed by atoms with Gasteiger partial charge < -0.3 is 21.2 Å². The summed E-state index contributed by atoms with van der Waals surface area (Å²) >= 11 is 9.09. The average Bonchev–Trinajstić information content (AvgIpc) is 2.90. The Hall–Kier alpha value is -2.39. The van der Waals surface area contributed by atoms with Crippen LogP contribution in [0.25, 0.3) is 11.0 Å². The first-order chi connectivity index (χ1) is 10.9. The Kier molecular flexibility index (Phi) is 4.05. The standard InChI is InChI=1S/C13H10BrClN6O2/c14-5-1-2-6-7(3-5)19-8(18-6)4-23-13(22)9-11(16)21-12(17)10(15)20-9/h1-3H,4H2,(H,18,19)(H4,16,17,21). The van der Waals surface area contributed by atoms with E-state index in [2.05, 4.69) is 35.9 Å². The number of carbonyl (C=O) groups is 1. The fraction of sp³-hybridized carbons (Fsp3) is 0.0769. The maximum absolute atomic E-state index is 12.0. The summed E-state index contributed by atoms with van der Waals surface area (Å²) in [6.07, 6.45) is 0. The van der Waals surface area contributed by atoms with Crippen LogP contribution in [0.4, 0.5) is 11.6 Å². The molecule has 3 rings (SSSR count). The molecule has 2 heterocycles. The number of H-pyrrole nitrogens is 1. The first-order valence-corrected chi connectivity index (χ1v) is 7.51. The van der Waals surface area contributed by atoms with E-state index in [-0.39, 0.29) is 29.1 Å². The van der Waals surface area contributed by atoms with Crippen LogP contribution in [0.1, 0.15) is 16.3 Å². The number of halogens is 2. The van der Waals surface area contributed by atoms with E-state index in [0.717, 1.165) is 15.5 Å². The van der Waals surface area contributed by atoms with Crippen LogP contribution in [0.15, 0.2) is 22.7 Å². The van der Waals surface area contributed by atoms with Gasteiger partial charge in [0.05, 0.1) is 11.0 Å². The van der Waals surface area contributed by atoms with Gasteiger partial charge in [-0.05, 0) is 18.2 Å². The van der Waals surface area contributed by atoms with Crippen LogP contribution in [0, 0.1) is 0 Å². The third-order valence-corrected chi connectivity index (χ3v) is 3.70. The smallest absolute Gasteiger partial charge is 0.361 e. The van der Waals surface area contributed by atoms with E-state index < -0.39 is 5.97 Å². The van der Waals surface area contributed by atoms with Crippen LogP contribution in [0.5, 0.6) is 0 Å². The second kappa shape index (κ2) is 6.01. The highest BCUT2D eigenvalue weighted by Gasteiger charge is 2.18. The molecule has 0 amide bonds. The second-order valence-corrected chi connectivity index (χ2v) is 5.83. The number of aromatic nitrogens is 4. The van der Waals surface area contributed by atoms with Gasteiger partial charge in [0, 0.05) is 4.47 Å². The predicted octanol–water partition coefficient (Wildman–Crippen LogP) is 2.29. The summed E-state index contributed by atoms with van der Waals surface area (Å²) in [6, 6.07) is 5.59. The summed E-state index contributed by atoms with van der Waals surface area (Å²) < 4.78 is 6.03. The average molecular weight is 398 g/mol. The SMILES string of the molecule is Nc1nc(N)c(C(=O)OCc2nc3cc(Br)ccc3[nH]2)nc1Cl. The molecular formula is C13H10BrClN6O2. The van der Waals surface area contributed by atoms with Gasteiger partial charge in [0.1, 0.15) is 12.4 Å². The third-order valence-electron chi connectivity index (χ3n) is 2.93. The lowest BCUT2D eigenvalue weighted by atomic mass is 10.3. The fourth-order valence-corrected chi connectivity index (χ4v) is 2.37. The summed E-state index contributed by atoms with van der Waals surface area (Å²) in [5.74, 6) is -0.480. The molecule has 0 spiro atoms. The monoisotopic (exact) mass is 396 g/mol. The van der Waals surface area contributed by atoms with Gasteiger partial charge in [0.2, 0.25) is 0 Å². The molecule has 0 unspecified atom stereocenters. The first-order valence-electron chi connectivity index (χ1n) is 6.34. The molecule has 0 saturated heterocycles. The number of aromatic amines is 1. The molecule has 5 N–H and O–H groups in total. The number of hydrogen-bond acceptors (Lipinski definition) is 7. The minimum atomic E-state index is -0.765. The van der Waals surface area contributed by atoms with E-state index >= 15 is 0 Å². The molecule has 0 saturated carbocycles. The van der Waals surface area contributed by atoms with Crippen LogP contribution in [0.2, 0.25) is 5.15 Å². The number of imidazole rings is 1. The Labute approximate surface area is 143 Å². The maximum atomic E-state index is 12.0. The molecule has 0 aliphatic rings. The largest absolute Gasteiger partial charge is 0.453 e. The van der Waals surface area contributed by atoms with Crippen molar-refractivity contribution in [2.24, 2.45) is 0 Å². The number of ether oxygens (including phenoxy) is 1. The number of rotatable bonds is 3. The van der Waals surface area contributed by atoms with E-state index in [1.807, 2.05) is 18.2 Å². The van der Waals surface area contributed by atoms with Crippen LogP contribution >= 0.6 is 27.5 Å². The van der Waals surface area contributed by atoms with Crippen molar-refractivity contribution in [1.29, 1.82) is 0 Å². The highest BCUT2D eigenvalue weighted by atomic mass is 79.9. The lowest BCUT2D eigenvalue weighted by Crippen LogP contribution is -2.13. The first kappa shape index (κ1) is 15.5. The van der Waals surface area contributed by atoms with Gasteiger partial charge in [0.25, 0.3) is 0 Å². The number of nitrogens with zero attached hydrogens (tertiary/aromatic N) is 3. The van der Waals surface area contributed by atoms with Crippen molar-refractivity contribution in [2.45, 2.75) is 6.61 Å². The van der Waals surface area contributed by atoms with Crippen LogP contribution in [0.3, 0.4) is 0 Å². The lowest BCUT2D eigenvalue weighted by molar-refractivity contribution is 0.0457. The molecule has 0 bridgehead atoms. The number of nitrogens with one attached hydrogen (secondary N) is 1. The Morgan fingerprint density at radius 1 is 1.26 bits per heavy atom. The minimum Gasteiger partial charge on any atom is -0.453 e. The van der Waals surface area contributed by atoms with E-state index in [0.29, 0.717) is 5.82 Å². The van der Waals surface area contributed by atoms with Crippen molar-refractivity contribution in [2.75, 3.05) is 11.5 Å². The highest BCUT2D eigenvalue weighted by Crippen LogP contribution is 2.20. The minimum absolute atomic E-state index is 0.0522. The molecule has 3 aromatic rings. The topological polar surface area (TPSA) is 133 Å². The van der Waals surface area contributed by atoms with E-state index in [4.69, 9.17) is 27.8 Å². The molecule has 0 aliphatic carbocycles. The van der Waals surface area contributed by atoms with Crippen LogP contribution in [-0.4, -0.2) is 25.9 Å². The zero-order valence-electron chi connectivity index (χ0n) is 11.5. The number of hydrogen-bond donors (Lipinski definition) is 3. The van der Waals surface area contributed by atoms with Crippen LogP contribution in [-0.2, 0) is 11.3 Å². The Bertz CT molecular complexity index is 913. The number of nitrogen functional groups attached to an aromatic ring is 2. The number of fused-ring (bicyclic) bond motifs is 1. The van der Waals surface area contributed by atoms with Crippen molar-refractivity contribution in [3.63, 3.8) is 0 Å².